The van der Waals surface area contributed by atoms with Crippen LogP contribution >= 0.6 is 0 Å². The summed E-state index contributed by atoms with van der Waals surface area (Å²) < 4.78 is 44.4. The number of carboxylic acid groups (broad SMARTS) is 1. The summed E-state index contributed by atoms with van der Waals surface area (Å²) in [7, 11) is -3.08. The molecule has 0 bridgehead atoms. The van der Waals surface area contributed by atoms with Gasteiger partial charge in [-0.25, -0.2) is 0 Å². The summed E-state index contributed by atoms with van der Waals surface area (Å²) in [5, 5.41) is 11.3. The molecule has 2 aromatic heterocycles. The minimum Gasteiger partial charge on any atom is -0.545 e. The predicted octanol–water partition coefficient (Wildman–Crippen LogP) is -5.41. The van der Waals surface area contributed by atoms with E-state index in [1.165, 1.54) is 14.0 Å². The first kappa shape index (κ1) is 20.3. The molecule has 11 heteroatoms. The molecular formula is C17H15N3Na2O5S. The number of aromatic nitrogens is 3. The fraction of sp³-hybridized carbons (Fsp3) is 0.235. The van der Waals surface area contributed by atoms with Crippen LogP contribution in [0.25, 0.3) is 11.0 Å². The van der Waals surface area contributed by atoms with E-state index in [0.29, 0.717) is 16.8 Å². The van der Waals surface area contributed by atoms with Gasteiger partial charge in [-0.2, -0.15) is 0 Å². The van der Waals surface area contributed by atoms with Crippen molar-refractivity contribution in [1.82, 2.24) is 15.0 Å². The number of aromatic carboxylic acids is 1. The molecule has 0 aliphatic heterocycles. The second-order valence-corrected chi connectivity index (χ2v) is 6.66. The topological polar surface area (TPSA) is 116 Å². The number of nitrogens with zero attached hydrogens (tertiary/aromatic N) is 3. The minimum atomic E-state index is -2.88. The van der Waals surface area contributed by atoms with Gasteiger partial charge in [0, 0.05) is 16.9 Å². The molecule has 0 spiro atoms. The third kappa shape index (κ3) is 5.15. The second-order valence-electron chi connectivity index (χ2n) is 5.31. The Hall–Kier alpha value is -0.940. The van der Waals surface area contributed by atoms with Gasteiger partial charge >= 0.3 is 59.1 Å². The maximum Gasteiger partial charge on any atom is 1.00 e. The Morgan fingerprint density at radius 3 is 2.75 bits per heavy atom. The molecule has 0 aliphatic rings. The van der Waals surface area contributed by atoms with Crippen LogP contribution in [0.5, 0.6) is 11.5 Å². The average Bonchev–Trinajstić information content (AvgIpc) is 3.07. The van der Waals surface area contributed by atoms with Crippen molar-refractivity contribution in [2.75, 3.05) is 14.1 Å². The summed E-state index contributed by atoms with van der Waals surface area (Å²) in [6.45, 7) is 1.43. The Balaban J connectivity index is 0.00000240. The Morgan fingerprint density at radius 2 is 2.11 bits per heavy atom. The molecular weight excluding hydrogens is 404 g/mol. The zero-order valence-corrected chi connectivity index (χ0v) is 20.6. The van der Waals surface area contributed by atoms with Gasteiger partial charge in [0.25, 0.3) is 0 Å². The van der Waals surface area contributed by atoms with Crippen molar-refractivity contribution in [3.63, 3.8) is 0 Å². The van der Waals surface area contributed by atoms with E-state index < -0.39 is 35.1 Å². The van der Waals surface area contributed by atoms with Crippen molar-refractivity contribution in [2.24, 2.45) is 0 Å². The molecule has 8 nitrogen and oxygen atoms in total. The third-order valence-corrected chi connectivity index (χ3v) is 4.90. The van der Waals surface area contributed by atoms with Crippen molar-refractivity contribution in [2.45, 2.75) is 17.8 Å². The van der Waals surface area contributed by atoms with Gasteiger partial charge in [-0.3, -0.25) is 9.19 Å². The number of carbonyl (C=O) groups excluding carboxylic acids is 1. The fourth-order valence-electron chi connectivity index (χ4n) is 2.39. The Morgan fingerprint density at radius 1 is 1.36 bits per heavy atom. The molecule has 0 radical (unpaired) electrons. The van der Waals surface area contributed by atoms with Crippen LogP contribution in [0.2, 0.25) is 0 Å². The summed E-state index contributed by atoms with van der Waals surface area (Å²) in [5.74, 6) is -1.61. The molecule has 0 saturated carbocycles. The Bertz CT molecular complexity index is 1120. The van der Waals surface area contributed by atoms with Gasteiger partial charge in [-0.05, 0) is 30.1 Å². The standard InChI is InChI=1S/C17H17N3O5S.2Na/c1-9-14(18-7-11(16(21)22)15(9)25-3)8-26(23)17-19-12-5-4-10(24-2)6-13(12)20-17;;/h4-7H,8H2,1-3H3,(H2,19,20,21,22);;/q;2*+1/p-2/i3D3;;. The van der Waals surface area contributed by atoms with E-state index in [1.807, 2.05) is 0 Å². The average molecular weight is 422 g/mol. The Labute approximate surface area is 212 Å². The van der Waals surface area contributed by atoms with Crippen LogP contribution < -0.4 is 78.7 Å². The van der Waals surface area contributed by atoms with E-state index in [4.69, 9.17) is 13.6 Å². The van der Waals surface area contributed by atoms with Crippen molar-refractivity contribution < 1.29 is 86.8 Å². The molecule has 0 saturated heterocycles. The van der Waals surface area contributed by atoms with Crippen LogP contribution in [0.3, 0.4) is 0 Å². The maximum atomic E-state index is 12.7. The number of carbonyl (C=O) groups is 1. The zero-order valence-electron chi connectivity index (χ0n) is 18.8. The van der Waals surface area contributed by atoms with Gasteiger partial charge in [0.1, 0.15) is 11.5 Å². The molecule has 3 rings (SSSR count). The van der Waals surface area contributed by atoms with Gasteiger partial charge in [0.05, 0.1) is 52.0 Å². The van der Waals surface area contributed by atoms with Crippen molar-refractivity contribution in [1.29, 1.82) is 0 Å². The number of benzene rings is 1. The summed E-state index contributed by atoms with van der Waals surface area (Å²) >= 11 is 0. The third-order valence-electron chi connectivity index (χ3n) is 3.78. The van der Waals surface area contributed by atoms with Crippen molar-refractivity contribution in [3.8, 4) is 11.5 Å². The van der Waals surface area contributed by atoms with Gasteiger partial charge in [0.2, 0.25) is 0 Å². The van der Waals surface area contributed by atoms with Crippen LogP contribution in [0, 0.1) is 6.92 Å². The van der Waals surface area contributed by atoms with Crippen LogP contribution in [-0.4, -0.2) is 34.3 Å². The summed E-state index contributed by atoms with van der Waals surface area (Å²) in [6, 6.07) is 5.04. The van der Waals surface area contributed by atoms with Gasteiger partial charge in [-0.15, -0.1) is 0 Å². The number of fused-ring (bicyclic) bond motifs is 1. The molecule has 0 fully saturated rings. The molecule has 0 N–H and O–H groups in total. The number of hydrogen-bond donors (Lipinski definition) is 0. The number of carboxylic acids is 1. The molecule has 1 unspecified atom stereocenters. The number of imidazole rings is 1. The fourth-order valence-corrected chi connectivity index (χ4v) is 3.46. The quantitative estimate of drug-likeness (QED) is 0.362. The molecule has 1 aromatic carbocycles. The first-order valence-electron chi connectivity index (χ1n) is 8.84. The SMILES string of the molecule is [2H]C([2H])([2H])Oc1c(C(=O)[O-])cnc(CS(=O)c2nc3cc(OC)ccc3[n-]2)c1C.[Na+].[Na+]. The number of rotatable bonds is 6. The molecule has 0 aliphatic carbocycles. The van der Waals surface area contributed by atoms with Gasteiger partial charge in [-0.1, -0.05) is 6.07 Å². The molecule has 1 atom stereocenters. The van der Waals surface area contributed by atoms with E-state index in [9.17, 15) is 14.1 Å². The molecule has 136 valence electrons. The number of hydrogen-bond acceptors (Lipinski definition) is 7. The molecule has 2 heterocycles. The predicted molar refractivity (Wildman–Crippen MR) is 91.6 cm³/mol. The largest absolute Gasteiger partial charge is 1.00 e. The molecule has 28 heavy (non-hydrogen) atoms. The van der Waals surface area contributed by atoms with Crippen LogP contribution in [0.15, 0.2) is 29.6 Å². The maximum absolute atomic E-state index is 12.7. The summed E-state index contributed by atoms with van der Waals surface area (Å²) in [6.07, 6.45) is 0.920. The van der Waals surface area contributed by atoms with Crippen LogP contribution in [-0.2, 0) is 16.6 Å². The molecule has 0 amide bonds. The number of methoxy groups -OCH3 is 2. The minimum absolute atomic E-state index is 0. The van der Waals surface area contributed by atoms with Crippen molar-refractivity contribution >= 4 is 27.8 Å². The van der Waals surface area contributed by atoms with Gasteiger partial charge in [0.15, 0.2) is 0 Å². The van der Waals surface area contributed by atoms with Crippen LogP contribution in [0.1, 0.15) is 25.7 Å². The van der Waals surface area contributed by atoms with E-state index >= 15 is 0 Å². The van der Waals surface area contributed by atoms with E-state index in [1.54, 1.807) is 18.2 Å². The molecule has 3 aromatic rings. The smallest absolute Gasteiger partial charge is 0.545 e. The zero-order chi connectivity index (χ0) is 21.3. The monoisotopic (exact) mass is 422 g/mol. The van der Waals surface area contributed by atoms with Crippen LogP contribution in [0.4, 0.5) is 0 Å². The second kappa shape index (κ2) is 10.7. The van der Waals surface area contributed by atoms with E-state index in [-0.39, 0.29) is 81.3 Å². The number of pyridine rings is 1. The summed E-state index contributed by atoms with van der Waals surface area (Å²) in [4.78, 5) is 23.7. The van der Waals surface area contributed by atoms with Gasteiger partial charge < -0.3 is 29.3 Å². The first-order chi connectivity index (χ1) is 13.6. The first-order valence-corrected chi connectivity index (χ1v) is 8.66. The van der Waals surface area contributed by atoms with Crippen molar-refractivity contribution in [3.05, 3.63) is 41.2 Å². The van der Waals surface area contributed by atoms with E-state index in [0.717, 1.165) is 6.20 Å². The normalized spacial score (nSPS) is 13.3. The summed E-state index contributed by atoms with van der Waals surface area (Å²) in [5.41, 5.74) is 0.872. The van der Waals surface area contributed by atoms with E-state index in [2.05, 4.69) is 15.0 Å². The number of ether oxygens (including phenoxy) is 2. The Kier molecular flexibility index (Phi) is 7.79.